The third-order valence-corrected chi connectivity index (χ3v) is 3.63. The molecule has 0 bridgehead atoms. The molecule has 0 unspecified atom stereocenters. The predicted octanol–water partition coefficient (Wildman–Crippen LogP) is 4.06. The van der Waals surface area contributed by atoms with Crippen LogP contribution in [-0.2, 0) is 13.0 Å². The number of nitrogens with zero attached hydrogens (tertiary/aromatic N) is 1. The Bertz CT molecular complexity index is 675. The van der Waals surface area contributed by atoms with Crippen molar-refractivity contribution in [1.29, 1.82) is 0 Å². The molecule has 0 heterocycles. The van der Waals surface area contributed by atoms with Crippen LogP contribution < -0.4 is 4.74 Å². The smallest absolute Gasteiger partial charge is 0.123 e. The Morgan fingerprint density at radius 2 is 1.90 bits per heavy atom. The monoisotopic (exact) mass is 279 g/mol. The second kappa shape index (κ2) is 6.27. The van der Waals surface area contributed by atoms with Crippen LogP contribution in [0, 0.1) is 0 Å². The molecule has 0 saturated carbocycles. The summed E-state index contributed by atoms with van der Waals surface area (Å²) in [7, 11) is 0. The van der Waals surface area contributed by atoms with Crippen molar-refractivity contribution in [1.82, 2.24) is 0 Å². The maximum Gasteiger partial charge on any atom is 0.123 e. The van der Waals surface area contributed by atoms with Crippen molar-refractivity contribution in [3.8, 4) is 5.75 Å². The van der Waals surface area contributed by atoms with E-state index in [4.69, 9.17) is 9.94 Å². The van der Waals surface area contributed by atoms with Crippen molar-refractivity contribution < 1.29 is 9.94 Å². The molecule has 2 aromatic rings. The number of hydrogen-bond donors (Lipinski definition) is 1. The molecular formula is C18H17NO2. The van der Waals surface area contributed by atoms with Crippen molar-refractivity contribution in [2.75, 3.05) is 0 Å². The van der Waals surface area contributed by atoms with Crippen LogP contribution in [0.3, 0.4) is 0 Å². The lowest BCUT2D eigenvalue weighted by Gasteiger charge is -2.18. The standard InChI is InChI=1S/C18H17NO2/c20-19-12-15-9-10-17-16(11-15)7-4-8-18(17)21-13-14-5-2-1-3-6-14/h1-8,11-12,20H,9-10,13H2/b19-12+. The fraction of sp³-hybridized carbons (Fsp3) is 0.167. The summed E-state index contributed by atoms with van der Waals surface area (Å²) < 4.78 is 5.97. The Balaban J connectivity index is 1.80. The number of ether oxygens (including phenoxy) is 1. The largest absolute Gasteiger partial charge is 0.489 e. The molecular weight excluding hydrogens is 262 g/mol. The first-order valence-corrected chi connectivity index (χ1v) is 7.03. The molecule has 21 heavy (non-hydrogen) atoms. The van der Waals surface area contributed by atoms with Crippen LogP contribution in [0.4, 0.5) is 0 Å². The lowest BCUT2D eigenvalue weighted by molar-refractivity contribution is 0.302. The number of oxime groups is 1. The molecule has 1 N–H and O–H groups in total. The highest BCUT2D eigenvalue weighted by Crippen LogP contribution is 2.31. The molecule has 0 aliphatic heterocycles. The number of hydrogen-bond acceptors (Lipinski definition) is 3. The first kappa shape index (κ1) is 13.4. The Morgan fingerprint density at radius 1 is 1.05 bits per heavy atom. The molecule has 1 aliphatic carbocycles. The van der Waals surface area contributed by atoms with E-state index in [0.717, 1.165) is 35.3 Å². The Labute approximate surface area is 124 Å². The summed E-state index contributed by atoms with van der Waals surface area (Å²) >= 11 is 0. The summed E-state index contributed by atoms with van der Waals surface area (Å²) in [5, 5.41) is 11.7. The van der Waals surface area contributed by atoms with Crippen LogP contribution in [0.1, 0.15) is 23.1 Å². The molecule has 0 fully saturated rings. The molecule has 2 aromatic carbocycles. The zero-order chi connectivity index (χ0) is 14.5. The van der Waals surface area contributed by atoms with Crippen LogP contribution in [0.25, 0.3) is 6.08 Å². The molecule has 0 atom stereocenters. The van der Waals surface area contributed by atoms with Gasteiger partial charge in [-0.15, -0.1) is 0 Å². The van der Waals surface area contributed by atoms with Gasteiger partial charge in [0, 0.05) is 5.56 Å². The number of allylic oxidation sites excluding steroid dienone is 1. The SMILES string of the molecule is O/N=C/C1=Cc2cccc(OCc3ccccc3)c2CC1. The van der Waals surface area contributed by atoms with Crippen LogP contribution in [-0.4, -0.2) is 11.4 Å². The highest BCUT2D eigenvalue weighted by atomic mass is 16.5. The van der Waals surface area contributed by atoms with Crippen LogP contribution in [0.15, 0.2) is 59.3 Å². The van der Waals surface area contributed by atoms with Gasteiger partial charge in [0.2, 0.25) is 0 Å². The number of fused-ring (bicyclic) bond motifs is 1. The fourth-order valence-electron chi connectivity index (χ4n) is 2.57. The second-order valence-corrected chi connectivity index (χ2v) is 5.06. The minimum absolute atomic E-state index is 0.575. The third-order valence-electron chi connectivity index (χ3n) is 3.63. The van der Waals surface area contributed by atoms with Crippen LogP contribution in [0.5, 0.6) is 5.75 Å². The average molecular weight is 279 g/mol. The summed E-state index contributed by atoms with van der Waals surface area (Å²) in [6.45, 7) is 0.575. The summed E-state index contributed by atoms with van der Waals surface area (Å²) in [4.78, 5) is 0. The van der Waals surface area contributed by atoms with E-state index in [1.807, 2.05) is 36.4 Å². The average Bonchev–Trinajstić information content (AvgIpc) is 2.54. The van der Waals surface area contributed by atoms with Crippen molar-refractivity contribution >= 4 is 12.3 Å². The van der Waals surface area contributed by atoms with E-state index in [2.05, 4.69) is 23.4 Å². The molecule has 106 valence electrons. The lowest BCUT2D eigenvalue weighted by Crippen LogP contribution is -2.04. The zero-order valence-electron chi connectivity index (χ0n) is 11.7. The van der Waals surface area contributed by atoms with Gasteiger partial charge in [-0.1, -0.05) is 47.6 Å². The van der Waals surface area contributed by atoms with Gasteiger partial charge >= 0.3 is 0 Å². The third kappa shape index (κ3) is 3.14. The Hall–Kier alpha value is -2.55. The highest BCUT2D eigenvalue weighted by Gasteiger charge is 2.14. The predicted molar refractivity (Wildman–Crippen MR) is 83.8 cm³/mol. The normalized spacial score (nSPS) is 13.8. The molecule has 0 saturated heterocycles. The second-order valence-electron chi connectivity index (χ2n) is 5.06. The van der Waals surface area contributed by atoms with Gasteiger partial charge in [0.05, 0.1) is 6.21 Å². The molecule has 1 aliphatic rings. The van der Waals surface area contributed by atoms with Gasteiger partial charge in [-0.3, -0.25) is 0 Å². The van der Waals surface area contributed by atoms with Crippen molar-refractivity contribution in [3.05, 3.63) is 70.8 Å². The minimum Gasteiger partial charge on any atom is -0.489 e. The molecule has 3 nitrogen and oxygen atoms in total. The van der Waals surface area contributed by atoms with E-state index >= 15 is 0 Å². The minimum atomic E-state index is 0.575. The van der Waals surface area contributed by atoms with Gasteiger partial charge in [-0.2, -0.15) is 0 Å². The van der Waals surface area contributed by atoms with Gasteiger partial charge < -0.3 is 9.94 Å². The summed E-state index contributed by atoms with van der Waals surface area (Å²) in [6, 6.07) is 16.2. The molecule has 0 amide bonds. The molecule has 0 aromatic heterocycles. The Morgan fingerprint density at radius 3 is 2.71 bits per heavy atom. The fourth-order valence-corrected chi connectivity index (χ4v) is 2.57. The summed E-state index contributed by atoms with van der Waals surface area (Å²) in [5.41, 5.74) is 4.56. The maximum atomic E-state index is 8.64. The topological polar surface area (TPSA) is 41.8 Å². The van der Waals surface area contributed by atoms with Crippen molar-refractivity contribution in [2.45, 2.75) is 19.4 Å². The van der Waals surface area contributed by atoms with E-state index in [9.17, 15) is 0 Å². The van der Waals surface area contributed by atoms with E-state index in [1.54, 1.807) is 0 Å². The molecule has 0 spiro atoms. The van der Waals surface area contributed by atoms with E-state index in [0.29, 0.717) is 6.61 Å². The Kier molecular flexibility index (Phi) is 4.01. The number of rotatable bonds is 4. The van der Waals surface area contributed by atoms with Gasteiger partial charge in [-0.25, -0.2) is 0 Å². The molecule has 3 rings (SSSR count). The van der Waals surface area contributed by atoms with E-state index in [-0.39, 0.29) is 0 Å². The molecule has 0 radical (unpaired) electrons. The van der Waals surface area contributed by atoms with Crippen molar-refractivity contribution in [3.63, 3.8) is 0 Å². The summed E-state index contributed by atoms with van der Waals surface area (Å²) in [6.07, 6.45) is 5.31. The van der Waals surface area contributed by atoms with Gasteiger partial charge in [0.25, 0.3) is 0 Å². The molecule has 3 heteroatoms. The summed E-state index contributed by atoms with van der Waals surface area (Å²) in [5.74, 6) is 0.938. The van der Waals surface area contributed by atoms with Crippen molar-refractivity contribution in [2.24, 2.45) is 5.16 Å². The van der Waals surface area contributed by atoms with Gasteiger partial charge in [0.1, 0.15) is 12.4 Å². The highest BCUT2D eigenvalue weighted by molar-refractivity contribution is 5.87. The van der Waals surface area contributed by atoms with E-state index in [1.165, 1.54) is 11.8 Å². The maximum absolute atomic E-state index is 8.64. The van der Waals surface area contributed by atoms with Crippen LogP contribution in [0.2, 0.25) is 0 Å². The number of benzene rings is 2. The van der Waals surface area contributed by atoms with E-state index < -0.39 is 0 Å². The zero-order valence-corrected chi connectivity index (χ0v) is 11.7. The van der Waals surface area contributed by atoms with Gasteiger partial charge in [0.15, 0.2) is 0 Å². The first-order valence-electron chi connectivity index (χ1n) is 7.03. The van der Waals surface area contributed by atoms with Crippen LogP contribution >= 0.6 is 0 Å². The first-order chi connectivity index (χ1) is 10.4. The quantitative estimate of drug-likeness (QED) is 0.521. The lowest BCUT2D eigenvalue weighted by atomic mass is 9.92. The van der Waals surface area contributed by atoms with Gasteiger partial charge in [-0.05, 0) is 41.7 Å².